The summed E-state index contributed by atoms with van der Waals surface area (Å²) >= 11 is 0. The Kier molecular flexibility index (Phi) is 4.40. The molecular weight excluding hydrogens is 216 g/mol. The fourth-order valence-corrected chi connectivity index (χ4v) is 2.88. The van der Waals surface area contributed by atoms with Gasteiger partial charge < -0.3 is 14.5 Å². The van der Waals surface area contributed by atoms with Crippen LogP contribution in [-0.2, 0) is 9.53 Å². The quantitative estimate of drug-likeness (QED) is 0.721. The first kappa shape index (κ1) is 12.8. The van der Waals surface area contributed by atoms with Crippen LogP contribution in [0.3, 0.4) is 0 Å². The zero-order chi connectivity index (χ0) is 12.3. The lowest BCUT2D eigenvalue weighted by atomic mass is 9.84. The fraction of sp³-hybridized carbons (Fsp3) is 0.923. The molecule has 98 valence electrons. The summed E-state index contributed by atoms with van der Waals surface area (Å²) in [6, 6.07) is 0.670. The molecule has 4 nitrogen and oxygen atoms in total. The van der Waals surface area contributed by atoms with Crippen molar-refractivity contribution < 1.29 is 9.53 Å². The van der Waals surface area contributed by atoms with Gasteiger partial charge in [-0.15, -0.1) is 0 Å². The molecule has 1 saturated heterocycles. The predicted molar refractivity (Wildman–Crippen MR) is 66.8 cm³/mol. The number of nitrogens with zero attached hydrogens (tertiary/aromatic N) is 2. The van der Waals surface area contributed by atoms with Gasteiger partial charge in [-0.3, -0.25) is 4.79 Å². The highest BCUT2D eigenvalue weighted by molar-refractivity contribution is 5.79. The molecular formula is C13H24N2O2. The predicted octanol–water partition coefficient (Wildman–Crippen LogP) is 0.966. The molecule has 0 spiro atoms. The zero-order valence-electron chi connectivity index (χ0n) is 11.0. The van der Waals surface area contributed by atoms with Gasteiger partial charge in [0.05, 0.1) is 13.2 Å². The van der Waals surface area contributed by atoms with Crippen LogP contribution in [0.25, 0.3) is 0 Å². The Morgan fingerprint density at radius 2 is 1.71 bits per heavy atom. The molecule has 0 atom stereocenters. The minimum atomic E-state index is 0.268. The van der Waals surface area contributed by atoms with Crippen LogP contribution in [0.5, 0.6) is 0 Å². The Morgan fingerprint density at radius 1 is 1.12 bits per heavy atom. The molecule has 0 N–H and O–H groups in total. The largest absolute Gasteiger partial charge is 0.378 e. The van der Waals surface area contributed by atoms with Gasteiger partial charge in [0.1, 0.15) is 0 Å². The number of ether oxygens (including phenoxy) is 1. The van der Waals surface area contributed by atoms with Gasteiger partial charge in [-0.05, 0) is 39.8 Å². The maximum absolute atomic E-state index is 12.3. The summed E-state index contributed by atoms with van der Waals surface area (Å²) in [5.74, 6) is 0.634. The van der Waals surface area contributed by atoms with E-state index in [1.165, 1.54) is 0 Å². The van der Waals surface area contributed by atoms with Crippen LogP contribution in [0.4, 0.5) is 0 Å². The fourth-order valence-electron chi connectivity index (χ4n) is 2.88. The van der Waals surface area contributed by atoms with Crippen LogP contribution in [0, 0.1) is 5.92 Å². The maximum atomic E-state index is 12.3. The Balaban J connectivity index is 1.81. The Morgan fingerprint density at radius 3 is 2.24 bits per heavy atom. The first-order valence-electron chi connectivity index (χ1n) is 6.71. The zero-order valence-corrected chi connectivity index (χ0v) is 11.0. The molecule has 2 rings (SSSR count). The van der Waals surface area contributed by atoms with Crippen LogP contribution >= 0.6 is 0 Å². The van der Waals surface area contributed by atoms with E-state index in [1.54, 1.807) is 0 Å². The second kappa shape index (κ2) is 5.83. The van der Waals surface area contributed by atoms with E-state index in [9.17, 15) is 4.79 Å². The van der Waals surface area contributed by atoms with E-state index >= 15 is 0 Å². The summed E-state index contributed by atoms with van der Waals surface area (Å²) in [7, 11) is 4.27. The van der Waals surface area contributed by atoms with Crippen molar-refractivity contribution in [3.05, 3.63) is 0 Å². The number of morpholine rings is 1. The number of carbonyl (C=O) groups is 1. The van der Waals surface area contributed by atoms with Gasteiger partial charge in [0.15, 0.2) is 0 Å². The van der Waals surface area contributed by atoms with Crippen LogP contribution in [0.1, 0.15) is 25.7 Å². The van der Waals surface area contributed by atoms with E-state index in [0.717, 1.165) is 38.8 Å². The molecule has 0 unspecified atom stereocenters. The lowest BCUT2D eigenvalue weighted by molar-refractivity contribution is -0.141. The van der Waals surface area contributed by atoms with Crippen LogP contribution < -0.4 is 0 Å². The first-order valence-corrected chi connectivity index (χ1v) is 6.71. The van der Waals surface area contributed by atoms with Crippen LogP contribution in [-0.4, -0.2) is 62.1 Å². The maximum Gasteiger partial charge on any atom is 0.225 e. The molecule has 1 amide bonds. The monoisotopic (exact) mass is 240 g/mol. The molecule has 2 fully saturated rings. The molecule has 0 radical (unpaired) electrons. The highest BCUT2D eigenvalue weighted by Gasteiger charge is 2.30. The first-order chi connectivity index (χ1) is 8.18. The average molecular weight is 240 g/mol. The molecule has 1 aliphatic heterocycles. The third kappa shape index (κ3) is 3.19. The van der Waals surface area contributed by atoms with E-state index in [4.69, 9.17) is 4.74 Å². The van der Waals surface area contributed by atoms with Gasteiger partial charge in [-0.2, -0.15) is 0 Å². The van der Waals surface area contributed by atoms with E-state index in [2.05, 4.69) is 19.0 Å². The highest BCUT2D eigenvalue weighted by Crippen LogP contribution is 2.28. The normalized spacial score (nSPS) is 30.6. The number of amides is 1. The number of carbonyl (C=O) groups excluding carboxylic acids is 1. The molecule has 1 heterocycles. The minimum absolute atomic E-state index is 0.268. The van der Waals surface area contributed by atoms with Crippen LogP contribution in [0.15, 0.2) is 0 Å². The second-order valence-corrected chi connectivity index (χ2v) is 5.41. The van der Waals surface area contributed by atoms with Crippen molar-refractivity contribution in [2.45, 2.75) is 31.7 Å². The van der Waals surface area contributed by atoms with Crippen molar-refractivity contribution in [1.29, 1.82) is 0 Å². The summed E-state index contributed by atoms with van der Waals surface area (Å²) in [6.45, 7) is 2.98. The standard InChI is InChI=1S/C13H24N2O2/c1-14(2)12-5-3-11(4-6-12)13(16)15-7-9-17-10-8-15/h11-12H,3-10H2,1-2H3. The lowest BCUT2D eigenvalue weighted by Crippen LogP contribution is -2.45. The van der Waals surface area contributed by atoms with Gasteiger partial charge in [0.2, 0.25) is 5.91 Å². The van der Waals surface area contributed by atoms with Gasteiger partial charge in [0, 0.05) is 25.0 Å². The van der Waals surface area contributed by atoms with Crippen molar-refractivity contribution in [2.75, 3.05) is 40.4 Å². The van der Waals surface area contributed by atoms with Gasteiger partial charge >= 0.3 is 0 Å². The Labute approximate surface area is 104 Å². The lowest BCUT2D eigenvalue weighted by Gasteiger charge is -2.35. The second-order valence-electron chi connectivity index (χ2n) is 5.41. The number of rotatable bonds is 2. The topological polar surface area (TPSA) is 32.8 Å². The van der Waals surface area contributed by atoms with Gasteiger partial charge in [-0.25, -0.2) is 0 Å². The van der Waals surface area contributed by atoms with Crippen molar-refractivity contribution >= 4 is 5.91 Å². The highest BCUT2D eigenvalue weighted by atomic mass is 16.5. The molecule has 0 aromatic heterocycles. The average Bonchev–Trinajstić information content (AvgIpc) is 2.39. The Hall–Kier alpha value is -0.610. The van der Waals surface area contributed by atoms with Crippen LogP contribution in [0.2, 0.25) is 0 Å². The van der Waals surface area contributed by atoms with Crippen molar-refractivity contribution in [3.8, 4) is 0 Å². The molecule has 4 heteroatoms. The summed E-state index contributed by atoms with van der Waals surface area (Å²) in [6.07, 6.45) is 4.43. The van der Waals surface area contributed by atoms with Crippen molar-refractivity contribution in [3.63, 3.8) is 0 Å². The van der Waals surface area contributed by atoms with Gasteiger partial charge in [-0.1, -0.05) is 0 Å². The van der Waals surface area contributed by atoms with E-state index in [0.29, 0.717) is 25.2 Å². The third-order valence-corrected chi connectivity index (χ3v) is 4.10. The molecule has 17 heavy (non-hydrogen) atoms. The molecule has 0 aromatic rings. The van der Waals surface area contributed by atoms with E-state index < -0.39 is 0 Å². The summed E-state index contributed by atoms with van der Waals surface area (Å²) in [4.78, 5) is 16.6. The number of hydrogen-bond acceptors (Lipinski definition) is 3. The Bertz CT molecular complexity index is 254. The molecule has 0 aromatic carbocycles. The molecule has 1 saturated carbocycles. The van der Waals surface area contributed by atoms with E-state index in [-0.39, 0.29) is 5.92 Å². The van der Waals surface area contributed by atoms with Crippen molar-refractivity contribution in [1.82, 2.24) is 9.80 Å². The summed E-state index contributed by atoms with van der Waals surface area (Å²) in [5.41, 5.74) is 0. The van der Waals surface area contributed by atoms with Gasteiger partial charge in [0.25, 0.3) is 0 Å². The molecule has 0 bridgehead atoms. The minimum Gasteiger partial charge on any atom is -0.378 e. The van der Waals surface area contributed by atoms with E-state index in [1.807, 2.05) is 4.90 Å². The number of hydrogen-bond donors (Lipinski definition) is 0. The third-order valence-electron chi connectivity index (χ3n) is 4.10. The summed E-state index contributed by atoms with van der Waals surface area (Å²) < 4.78 is 5.29. The molecule has 1 aliphatic carbocycles. The summed E-state index contributed by atoms with van der Waals surface area (Å²) in [5, 5.41) is 0. The van der Waals surface area contributed by atoms with Crippen molar-refractivity contribution in [2.24, 2.45) is 5.92 Å². The SMILES string of the molecule is CN(C)C1CCC(C(=O)N2CCOCC2)CC1. The smallest absolute Gasteiger partial charge is 0.225 e. The molecule has 2 aliphatic rings.